The van der Waals surface area contributed by atoms with Crippen LogP contribution in [0.5, 0.6) is 0 Å². The second kappa shape index (κ2) is 9.39. The summed E-state index contributed by atoms with van der Waals surface area (Å²) in [5.74, 6) is -0.518. The predicted octanol–water partition coefficient (Wildman–Crippen LogP) is 3.59. The topological polar surface area (TPSA) is 91.5 Å². The first-order valence-electron chi connectivity index (χ1n) is 9.34. The van der Waals surface area contributed by atoms with Crippen LogP contribution in [0, 0.1) is 0 Å². The van der Waals surface area contributed by atoms with Crippen LogP contribution in [0.2, 0.25) is 0 Å². The number of esters is 1. The Bertz CT molecular complexity index is 822. The maximum atomic E-state index is 12.5. The zero-order chi connectivity index (χ0) is 21.5. The molecule has 0 aliphatic rings. The number of urea groups is 1. The summed E-state index contributed by atoms with van der Waals surface area (Å²) >= 11 is 0. The van der Waals surface area contributed by atoms with E-state index in [1.54, 1.807) is 33.9 Å². The van der Waals surface area contributed by atoms with E-state index in [9.17, 15) is 14.4 Å². The van der Waals surface area contributed by atoms with E-state index >= 15 is 0 Å². The Balaban J connectivity index is 0.00000190. The predicted molar refractivity (Wildman–Crippen MR) is 110 cm³/mol. The minimum absolute atomic E-state index is 0.216. The largest absolute Gasteiger partial charge is 0.459 e. The van der Waals surface area contributed by atoms with Gasteiger partial charge in [0.1, 0.15) is 24.0 Å². The molecule has 0 saturated carbocycles. The number of carbonyl (C=O) groups excluding carboxylic acids is 3. The first kappa shape index (κ1) is 23.2. The quantitative estimate of drug-likeness (QED) is 0.604. The number of likely N-dealkylation sites (N-methyl/N-ethyl adjacent to an activating group) is 1. The highest BCUT2D eigenvalue weighted by Gasteiger charge is 2.32. The number of carbonyl (C=O) groups is 3. The lowest BCUT2D eigenvalue weighted by atomic mass is 9.93. The van der Waals surface area contributed by atoms with E-state index in [4.69, 9.17) is 4.74 Å². The van der Waals surface area contributed by atoms with Crippen molar-refractivity contribution in [2.75, 3.05) is 13.6 Å². The molecule has 0 saturated heterocycles. The first-order chi connectivity index (χ1) is 13.1. The zero-order valence-electron chi connectivity index (χ0n) is 17.8. The Morgan fingerprint density at radius 2 is 1.79 bits per heavy atom. The van der Waals surface area contributed by atoms with Crippen LogP contribution in [0.25, 0.3) is 10.9 Å². The minimum Gasteiger partial charge on any atom is -0.459 e. The van der Waals surface area contributed by atoms with Crippen LogP contribution in [0.1, 0.15) is 47.1 Å². The average Bonchev–Trinajstić information content (AvgIpc) is 3.06. The molecule has 1 heterocycles. The van der Waals surface area contributed by atoms with Gasteiger partial charge in [0, 0.05) is 29.7 Å². The number of nitrogens with one attached hydrogen (secondary N) is 2. The third-order valence-electron chi connectivity index (χ3n) is 3.88. The minimum atomic E-state index is -1.24. The molecule has 0 radical (unpaired) electrons. The molecule has 2 rings (SSSR count). The number of amides is 2. The molecule has 7 nitrogen and oxygen atoms in total. The Morgan fingerprint density at radius 1 is 1.18 bits per heavy atom. The number of aromatic nitrogens is 1. The van der Waals surface area contributed by atoms with Crippen molar-refractivity contribution in [1.82, 2.24) is 15.2 Å². The van der Waals surface area contributed by atoms with Gasteiger partial charge in [-0.25, -0.2) is 4.79 Å². The number of H-pyrrole nitrogens is 1. The van der Waals surface area contributed by atoms with Crippen LogP contribution in [0.3, 0.4) is 0 Å². The van der Waals surface area contributed by atoms with Gasteiger partial charge in [0.25, 0.3) is 0 Å². The van der Waals surface area contributed by atoms with Crippen molar-refractivity contribution in [2.45, 2.75) is 52.7 Å². The highest BCUT2D eigenvalue weighted by atomic mass is 16.6. The highest BCUT2D eigenvalue weighted by molar-refractivity contribution is 5.91. The molecule has 2 aromatic rings. The number of rotatable bonds is 5. The Kier molecular flexibility index (Phi) is 7.78. The van der Waals surface area contributed by atoms with Crippen LogP contribution in [-0.4, -0.2) is 47.4 Å². The molecule has 1 aromatic carbocycles. The standard InChI is InChI=1S/C19H25N3O4.C2H6/c1-18(2,3)26-16(24)11-22(5)17(25)21-19(4,12-23)14-10-20-15-9-7-6-8-13(14)15;1-2/h6-10,12,20H,11H2,1-5H3,(H,21,25);1-2H3. The summed E-state index contributed by atoms with van der Waals surface area (Å²) in [7, 11) is 1.47. The highest BCUT2D eigenvalue weighted by Crippen LogP contribution is 2.27. The van der Waals surface area contributed by atoms with E-state index in [0.29, 0.717) is 11.8 Å². The van der Waals surface area contributed by atoms with Gasteiger partial charge in [-0.1, -0.05) is 32.0 Å². The lowest BCUT2D eigenvalue weighted by Crippen LogP contribution is -2.51. The number of ether oxygens (including phenoxy) is 1. The fourth-order valence-corrected chi connectivity index (χ4v) is 2.62. The van der Waals surface area contributed by atoms with Crippen LogP contribution in [-0.2, 0) is 19.9 Å². The number of fused-ring (bicyclic) bond motifs is 1. The van der Waals surface area contributed by atoms with Crippen molar-refractivity contribution >= 4 is 29.2 Å². The van der Waals surface area contributed by atoms with Gasteiger partial charge in [-0.3, -0.25) is 4.79 Å². The van der Waals surface area contributed by atoms with Crippen LogP contribution < -0.4 is 5.32 Å². The molecule has 2 N–H and O–H groups in total. The van der Waals surface area contributed by atoms with Crippen molar-refractivity contribution < 1.29 is 19.1 Å². The summed E-state index contributed by atoms with van der Waals surface area (Å²) in [5, 5.41) is 3.54. The first-order valence-corrected chi connectivity index (χ1v) is 9.34. The summed E-state index contributed by atoms with van der Waals surface area (Å²) in [6, 6.07) is 6.96. The molecule has 1 atom stereocenters. The van der Waals surface area contributed by atoms with E-state index in [0.717, 1.165) is 10.9 Å². The van der Waals surface area contributed by atoms with Crippen LogP contribution in [0.4, 0.5) is 4.79 Å². The normalized spacial score (nSPS) is 13.0. The summed E-state index contributed by atoms with van der Waals surface area (Å²) in [4.78, 5) is 40.5. The van der Waals surface area contributed by atoms with Gasteiger partial charge in [-0.2, -0.15) is 0 Å². The summed E-state index contributed by atoms with van der Waals surface area (Å²) < 4.78 is 5.21. The second-order valence-electron chi connectivity index (χ2n) is 7.44. The van der Waals surface area contributed by atoms with E-state index in [1.807, 2.05) is 38.1 Å². The number of benzene rings is 1. The van der Waals surface area contributed by atoms with Crippen molar-refractivity contribution in [3.05, 3.63) is 36.0 Å². The van der Waals surface area contributed by atoms with Crippen molar-refractivity contribution in [3.8, 4) is 0 Å². The number of aldehydes is 1. The van der Waals surface area contributed by atoms with E-state index in [-0.39, 0.29) is 6.54 Å². The molecule has 0 aliphatic carbocycles. The average molecular weight is 389 g/mol. The Labute approximate surface area is 166 Å². The maximum absolute atomic E-state index is 12.5. The molecule has 7 heteroatoms. The Hall–Kier alpha value is -2.83. The summed E-state index contributed by atoms with van der Waals surface area (Å²) in [6.07, 6.45) is 2.38. The van der Waals surface area contributed by atoms with Crippen LogP contribution >= 0.6 is 0 Å². The van der Waals surface area contributed by atoms with Crippen molar-refractivity contribution in [3.63, 3.8) is 0 Å². The smallest absolute Gasteiger partial charge is 0.326 e. The van der Waals surface area contributed by atoms with E-state index in [2.05, 4.69) is 10.3 Å². The van der Waals surface area contributed by atoms with Crippen molar-refractivity contribution in [2.24, 2.45) is 0 Å². The number of para-hydroxylation sites is 1. The van der Waals surface area contributed by atoms with Gasteiger partial charge >= 0.3 is 12.0 Å². The van der Waals surface area contributed by atoms with Crippen LogP contribution in [0.15, 0.2) is 30.5 Å². The molecule has 0 spiro atoms. The van der Waals surface area contributed by atoms with Gasteiger partial charge < -0.3 is 24.7 Å². The van der Waals surface area contributed by atoms with Gasteiger partial charge in [-0.15, -0.1) is 0 Å². The molecule has 0 aliphatic heterocycles. The second-order valence-corrected chi connectivity index (χ2v) is 7.44. The summed E-state index contributed by atoms with van der Waals surface area (Å²) in [5.41, 5.74) is -0.344. The van der Waals surface area contributed by atoms with Gasteiger partial charge in [0.2, 0.25) is 0 Å². The Morgan fingerprint density at radius 3 is 2.36 bits per heavy atom. The summed E-state index contributed by atoms with van der Waals surface area (Å²) in [6.45, 7) is 10.7. The molecule has 0 bridgehead atoms. The number of aromatic amines is 1. The fraction of sp³-hybridized carbons (Fsp3) is 0.476. The van der Waals surface area contributed by atoms with E-state index in [1.165, 1.54) is 11.9 Å². The van der Waals surface area contributed by atoms with Gasteiger partial charge in [0.15, 0.2) is 0 Å². The van der Waals surface area contributed by atoms with Gasteiger partial charge in [-0.05, 0) is 33.8 Å². The number of hydrogen-bond acceptors (Lipinski definition) is 4. The van der Waals surface area contributed by atoms with Gasteiger partial charge in [0.05, 0.1) is 0 Å². The fourth-order valence-electron chi connectivity index (χ4n) is 2.62. The molecular formula is C21H31N3O4. The van der Waals surface area contributed by atoms with Crippen molar-refractivity contribution in [1.29, 1.82) is 0 Å². The van der Waals surface area contributed by atoms with E-state index < -0.39 is 23.1 Å². The zero-order valence-corrected chi connectivity index (χ0v) is 17.8. The third-order valence-corrected chi connectivity index (χ3v) is 3.88. The third kappa shape index (κ3) is 5.84. The molecule has 28 heavy (non-hydrogen) atoms. The SMILES string of the molecule is CC.CN(CC(=O)OC(C)(C)C)C(=O)NC(C)(C=O)c1c[nH]c2ccccc12. The molecule has 1 unspecified atom stereocenters. The molecule has 2 amide bonds. The lowest BCUT2D eigenvalue weighted by molar-refractivity contribution is -0.155. The molecule has 1 aromatic heterocycles. The maximum Gasteiger partial charge on any atom is 0.326 e. The molecule has 154 valence electrons. The lowest BCUT2D eigenvalue weighted by Gasteiger charge is -2.28. The monoisotopic (exact) mass is 389 g/mol. The number of hydrogen-bond donors (Lipinski definition) is 2. The molecule has 0 fully saturated rings. The molecular weight excluding hydrogens is 358 g/mol. The number of nitrogens with zero attached hydrogens (tertiary/aromatic N) is 1.